The first-order valence-corrected chi connectivity index (χ1v) is 5.25. The molecule has 6 N–H and O–H groups in total. The van der Waals surface area contributed by atoms with Gasteiger partial charge >= 0.3 is 0 Å². The van der Waals surface area contributed by atoms with E-state index < -0.39 is 11.9 Å². The maximum absolute atomic E-state index is 11.4. The number of aromatic nitrogens is 3. The summed E-state index contributed by atoms with van der Waals surface area (Å²) in [6.45, 7) is 0.464. The van der Waals surface area contributed by atoms with Crippen molar-refractivity contribution in [1.29, 1.82) is 0 Å². The van der Waals surface area contributed by atoms with Crippen LogP contribution in [-0.2, 0) is 16.0 Å². The van der Waals surface area contributed by atoms with Crippen LogP contribution in [0.25, 0.3) is 0 Å². The lowest BCUT2D eigenvalue weighted by Crippen LogP contribution is -2.43. The first-order chi connectivity index (χ1) is 8.09. The monoisotopic (exact) mass is 240 g/mol. The van der Waals surface area contributed by atoms with Gasteiger partial charge in [0.1, 0.15) is 12.2 Å². The predicted molar refractivity (Wildman–Crippen MR) is 59.5 cm³/mol. The van der Waals surface area contributed by atoms with E-state index in [9.17, 15) is 9.59 Å². The Balaban J connectivity index is 2.13. The number of nitrogens with zero attached hydrogens (tertiary/aromatic N) is 2. The molecule has 1 aromatic rings. The van der Waals surface area contributed by atoms with E-state index in [0.717, 1.165) is 5.82 Å². The Hall–Kier alpha value is -1.96. The Kier molecular flexibility index (Phi) is 5.08. The van der Waals surface area contributed by atoms with E-state index in [1.165, 1.54) is 6.33 Å². The van der Waals surface area contributed by atoms with Crippen LogP contribution in [0.2, 0.25) is 0 Å². The summed E-state index contributed by atoms with van der Waals surface area (Å²) in [5, 5.41) is 9.03. The van der Waals surface area contributed by atoms with E-state index in [-0.39, 0.29) is 12.3 Å². The summed E-state index contributed by atoms with van der Waals surface area (Å²) in [7, 11) is 0. The molecule has 1 rings (SSSR count). The number of primary amides is 1. The fourth-order valence-corrected chi connectivity index (χ4v) is 1.26. The summed E-state index contributed by atoms with van der Waals surface area (Å²) in [6, 6.07) is -0.877. The molecule has 1 atom stereocenters. The first kappa shape index (κ1) is 13.1. The molecule has 2 amide bonds. The number of carbonyl (C=O) groups excluding carboxylic acids is 2. The maximum Gasteiger partial charge on any atom is 0.237 e. The summed E-state index contributed by atoms with van der Waals surface area (Å²) in [6.07, 6.45) is 2.68. The minimum atomic E-state index is -0.877. The Morgan fingerprint density at radius 2 is 2.29 bits per heavy atom. The number of H-pyrrole nitrogens is 1. The first-order valence-electron chi connectivity index (χ1n) is 5.25. The third-order valence-corrected chi connectivity index (χ3v) is 2.11. The average molecular weight is 240 g/mol. The second kappa shape index (κ2) is 6.59. The van der Waals surface area contributed by atoms with Crippen molar-refractivity contribution < 1.29 is 9.59 Å². The summed E-state index contributed by atoms with van der Waals surface area (Å²) >= 11 is 0. The fourth-order valence-electron chi connectivity index (χ4n) is 1.26. The van der Waals surface area contributed by atoms with Gasteiger partial charge in [-0.25, -0.2) is 4.98 Å². The van der Waals surface area contributed by atoms with Crippen LogP contribution >= 0.6 is 0 Å². The Morgan fingerprint density at radius 3 is 2.88 bits per heavy atom. The van der Waals surface area contributed by atoms with Gasteiger partial charge in [0.05, 0.1) is 12.5 Å². The van der Waals surface area contributed by atoms with Crippen molar-refractivity contribution in [2.24, 2.45) is 11.5 Å². The third kappa shape index (κ3) is 5.07. The molecule has 1 aromatic heterocycles. The zero-order valence-corrected chi connectivity index (χ0v) is 9.35. The highest BCUT2D eigenvalue weighted by Crippen LogP contribution is 1.92. The van der Waals surface area contributed by atoms with Crippen LogP contribution in [0.4, 0.5) is 0 Å². The molecule has 0 spiro atoms. The van der Waals surface area contributed by atoms with Gasteiger partial charge in [-0.2, -0.15) is 5.10 Å². The number of hydrogen-bond donors (Lipinski definition) is 4. The lowest BCUT2D eigenvalue weighted by molar-refractivity contribution is -0.126. The molecule has 0 aliphatic rings. The number of aryl methyl sites for hydroxylation is 1. The number of carbonyl (C=O) groups is 2. The molecule has 0 bridgehead atoms. The third-order valence-electron chi connectivity index (χ3n) is 2.11. The van der Waals surface area contributed by atoms with Crippen LogP contribution in [0.3, 0.4) is 0 Å². The van der Waals surface area contributed by atoms with Crippen molar-refractivity contribution in [2.45, 2.75) is 25.3 Å². The van der Waals surface area contributed by atoms with E-state index in [1.807, 2.05) is 0 Å². The minimum Gasteiger partial charge on any atom is -0.370 e. The smallest absolute Gasteiger partial charge is 0.237 e. The van der Waals surface area contributed by atoms with Gasteiger partial charge in [-0.1, -0.05) is 0 Å². The van der Waals surface area contributed by atoms with Gasteiger partial charge in [0.15, 0.2) is 0 Å². The van der Waals surface area contributed by atoms with E-state index in [1.54, 1.807) is 0 Å². The average Bonchev–Trinajstić information content (AvgIpc) is 2.75. The van der Waals surface area contributed by atoms with Crippen LogP contribution in [0.1, 0.15) is 18.7 Å². The van der Waals surface area contributed by atoms with Crippen molar-refractivity contribution in [2.75, 3.05) is 6.54 Å². The molecule has 94 valence electrons. The molecular weight excluding hydrogens is 224 g/mol. The summed E-state index contributed by atoms with van der Waals surface area (Å²) in [5.41, 5.74) is 10.4. The molecule has 1 heterocycles. The highest BCUT2D eigenvalue weighted by molar-refractivity contribution is 5.87. The zero-order valence-electron chi connectivity index (χ0n) is 9.35. The van der Waals surface area contributed by atoms with E-state index in [0.29, 0.717) is 19.4 Å². The van der Waals surface area contributed by atoms with Crippen LogP contribution in [0.5, 0.6) is 0 Å². The second-order valence-electron chi connectivity index (χ2n) is 3.60. The molecule has 0 fully saturated rings. The molecule has 8 nitrogen and oxygen atoms in total. The molecule has 0 aromatic carbocycles. The highest BCUT2D eigenvalue weighted by Gasteiger charge is 2.14. The molecule has 0 aliphatic carbocycles. The number of amides is 2. The molecular formula is C9H16N6O2. The van der Waals surface area contributed by atoms with Gasteiger partial charge in [-0.3, -0.25) is 14.7 Å². The Labute approximate surface area is 98.2 Å². The van der Waals surface area contributed by atoms with Gasteiger partial charge in [-0.05, 0) is 6.42 Å². The topological polar surface area (TPSA) is 140 Å². The Bertz CT molecular complexity index is 364. The molecule has 1 unspecified atom stereocenters. The standard InChI is InChI=1S/C9H16N6O2/c10-6(4-7(11)16)9(17)12-3-1-2-8-13-5-14-15-8/h5-6H,1-4,10H2,(H2,11,16)(H,12,17)(H,13,14,15). The van der Waals surface area contributed by atoms with Gasteiger partial charge < -0.3 is 16.8 Å². The van der Waals surface area contributed by atoms with Gasteiger partial charge in [0, 0.05) is 13.0 Å². The van der Waals surface area contributed by atoms with Crippen molar-refractivity contribution in [1.82, 2.24) is 20.5 Å². The summed E-state index contributed by atoms with van der Waals surface area (Å²) in [4.78, 5) is 25.8. The minimum absolute atomic E-state index is 0.145. The number of nitrogens with two attached hydrogens (primary N) is 2. The normalized spacial score (nSPS) is 12.1. The van der Waals surface area contributed by atoms with Gasteiger partial charge in [-0.15, -0.1) is 0 Å². The van der Waals surface area contributed by atoms with Crippen LogP contribution in [0, 0.1) is 0 Å². The number of hydrogen-bond acceptors (Lipinski definition) is 5. The summed E-state index contributed by atoms with van der Waals surface area (Å²) in [5.74, 6) is -0.198. The van der Waals surface area contributed by atoms with Crippen molar-refractivity contribution in [3.05, 3.63) is 12.2 Å². The van der Waals surface area contributed by atoms with Crippen molar-refractivity contribution >= 4 is 11.8 Å². The van der Waals surface area contributed by atoms with E-state index in [4.69, 9.17) is 11.5 Å². The van der Waals surface area contributed by atoms with E-state index in [2.05, 4.69) is 20.5 Å². The molecule has 0 saturated carbocycles. The second-order valence-corrected chi connectivity index (χ2v) is 3.60. The fraction of sp³-hybridized carbons (Fsp3) is 0.556. The molecule has 0 radical (unpaired) electrons. The van der Waals surface area contributed by atoms with E-state index >= 15 is 0 Å². The maximum atomic E-state index is 11.4. The molecule has 17 heavy (non-hydrogen) atoms. The van der Waals surface area contributed by atoms with Crippen LogP contribution in [-0.4, -0.2) is 39.6 Å². The largest absolute Gasteiger partial charge is 0.370 e. The highest BCUT2D eigenvalue weighted by atomic mass is 16.2. The lowest BCUT2D eigenvalue weighted by atomic mass is 10.2. The van der Waals surface area contributed by atoms with Crippen LogP contribution < -0.4 is 16.8 Å². The lowest BCUT2D eigenvalue weighted by Gasteiger charge is -2.09. The van der Waals surface area contributed by atoms with Crippen molar-refractivity contribution in [3.8, 4) is 0 Å². The van der Waals surface area contributed by atoms with Crippen LogP contribution in [0.15, 0.2) is 6.33 Å². The van der Waals surface area contributed by atoms with Gasteiger partial charge in [0.2, 0.25) is 11.8 Å². The van der Waals surface area contributed by atoms with Gasteiger partial charge in [0.25, 0.3) is 0 Å². The SMILES string of the molecule is NC(=O)CC(N)C(=O)NCCCc1ncn[nH]1. The predicted octanol–water partition coefficient (Wildman–Crippen LogP) is -1.94. The number of nitrogens with one attached hydrogen (secondary N) is 2. The van der Waals surface area contributed by atoms with Crippen molar-refractivity contribution in [3.63, 3.8) is 0 Å². The summed E-state index contributed by atoms with van der Waals surface area (Å²) < 4.78 is 0. The molecule has 0 saturated heterocycles. The molecule has 8 heteroatoms. The quantitative estimate of drug-likeness (QED) is 0.410. The number of rotatable bonds is 7. The number of aromatic amines is 1. The molecule has 0 aliphatic heterocycles. The Morgan fingerprint density at radius 1 is 1.53 bits per heavy atom. The zero-order chi connectivity index (χ0) is 12.7.